The van der Waals surface area contributed by atoms with Gasteiger partial charge in [0.15, 0.2) is 0 Å². The van der Waals surface area contributed by atoms with Crippen LogP contribution in [0.2, 0.25) is 0 Å². The van der Waals surface area contributed by atoms with Crippen LogP contribution in [0.25, 0.3) is 6.08 Å². The first-order valence-electron chi connectivity index (χ1n) is 5.80. The number of methoxy groups -OCH3 is 1. The molecule has 0 spiro atoms. The predicted molar refractivity (Wildman–Crippen MR) is 73.9 cm³/mol. The monoisotopic (exact) mass is 240 g/mol. The zero-order valence-electron chi connectivity index (χ0n) is 10.4. The van der Waals surface area contributed by atoms with E-state index in [9.17, 15) is 0 Å². The molecule has 0 aliphatic carbocycles. The minimum Gasteiger partial charge on any atom is -0.497 e. The molecule has 0 saturated carbocycles. The quantitative estimate of drug-likeness (QED) is 0.788. The number of benzene rings is 2. The fourth-order valence-electron chi connectivity index (χ4n) is 1.61. The van der Waals surface area contributed by atoms with Crippen LogP contribution in [0.1, 0.15) is 11.1 Å². The molecule has 92 valence electrons. The van der Waals surface area contributed by atoms with E-state index in [1.807, 2.05) is 54.6 Å². The highest BCUT2D eigenvalue weighted by molar-refractivity contribution is 5.47. The van der Waals surface area contributed by atoms with Crippen LogP contribution in [-0.2, 0) is 6.61 Å². The predicted octanol–water partition coefficient (Wildman–Crippen LogP) is 3.92. The lowest BCUT2D eigenvalue weighted by Gasteiger charge is -2.08. The van der Waals surface area contributed by atoms with Crippen molar-refractivity contribution in [2.75, 3.05) is 7.11 Å². The number of hydrogen-bond donors (Lipinski definition) is 0. The maximum atomic E-state index is 5.70. The van der Waals surface area contributed by atoms with E-state index in [0.717, 1.165) is 22.6 Å². The second-order valence-corrected chi connectivity index (χ2v) is 3.91. The minimum atomic E-state index is 0.546. The first-order valence-corrected chi connectivity index (χ1v) is 5.80. The molecule has 0 amide bonds. The maximum Gasteiger partial charge on any atom is 0.123 e. The first kappa shape index (κ1) is 12.2. The second kappa shape index (κ2) is 5.92. The molecule has 2 aromatic rings. The Balaban J connectivity index is 1.99. The minimum absolute atomic E-state index is 0.546. The van der Waals surface area contributed by atoms with Crippen LogP contribution in [0, 0.1) is 0 Å². The molecule has 0 fully saturated rings. The highest BCUT2D eigenvalue weighted by Gasteiger charge is 1.98. The van der Waals surface area contributed by atoms with E-state index in [1.54, 1.807) is 7.11 Å². The number of rotatable bonds is 5. The SMILES string of the molecule is C=Cc1ccc(COc2cccc(OC)c2)cc1. The van der Waals surface area contributed by atoms with Crippen LogP contribution in [0.4, 0.5) is 0 Å². The molecule has 0 aliphatic rings. The summed E-state index contributed by atoms with van der Waals surface area (Å²) in [7, 11) is 1.65. The number of hydrogen-bond acceptors (Lipinski definition) is 2. The van der Waals surface area contributed by atoms with Gasteiger partial charge in [-0.1, -0.05) is 43.0 Å². The standard InChI is InChI=1S/C16H16O2/c1-3-13-7-9-14(10-8-13)12-18-16-6-4-5-15(11-16)17-2/h3-11H,1,12H2,2H3. The van der Waals surface area contributed by atoms with E-state index in [4.69, 9.17) is 9.47 Å². The summed E-state index contributed by atoms with van der Waals surface area (Å²) in [5.74, 6) is 1.61. The van der Waals surface area contributed by atoms with E-state index in [0.29, 0.717) is 6.61 Å². The molecule has 0 unspecified atom stereocenters. The van der Waals surface area contributed by atoms with E-state index in [2.05, 4.69) is 6.58 Å². The average Bonchev–Trinajstić information content (AvgIpc) is 2.46. The molecule has 0 saturated heterocycles. The van der Waals surface area contributed by atoms with Gasteiger partial charge < -0.3 is 9.47 Å². The Kier molecular flexibility index (Phi) is 4.02. The topological polar surface area (TPSA) is 18.5 Å². The fraction of sp³-hybridized carbons (Fsp3) is 0.125. The molecular weight excluding hydrogens is 224 g/mol. The van der Waals surface area contributed by atoms with E-state index in [-0.39, 0.29) is 0 Å². The summed E-state index contributed by atoms with van der Waals surface area (Å²) in [4.78, 5) is 0. The van der Waals surface area contributed by atoms with E-state index >= 15 is 0 Å². The summed E-state index contributed by atoms with van der Waals surface area (Å²) < 4.78 is 10.8. The Morgan fingerprint density at radius 2 is 1.78 bits per heavy atom. The molecule has 0 aromatic heterocycles. The third-order valence-corrected chi connectivity index (χ3v) is 2.66. The van der Waals surface area contributed by atoms with Gasteiger partial charge in [0.1, 0.15) is 18.1 Å². The van der Waals surface area contributed by atoms with Crippen molar-refractivity contribution in [1.29, 1.82) is 0 Å². The molecule has 0 aliphatic heterocycles. The average molecular weight is 240 g/mol. The molecule has 0 N–H and O–H groups in total. The lowest BCUT2D eigenvalue weighted by molar-refractivity contribution is 0.303. The molecule has 2 nitrogen and oxygen atoms in total. The van der Waals surface area contributed by atoms with Crippen molar-refractivity contribution in [3.63, 3.8) is 0 Å². The molecule has 2 rings (SSSR count). The van der Waals surface area contributed by atoms with Crippen molar-refractivity contribution in [1.82, 2.24) is 0 Å². The molecular formula is C16H16O2. The molecule has 18 heavy (non-hydrogen) atoms. The Morgan fingerprint density at radius 1 is 1.06 bits per heavy atom. The molecule has 2 heteroatoms. The van der Waals surface area contributed by atoms with Gasteiger partial charge in [-0.05, 0) is 23.3 Å². The summed E-state index contributed by atoms with van der Waals surface area (Å²) in [6.07, 6.45) is 1.83. The van der Waals surface area contributed by atoms with Gasteiger partial charge >= 0.3 is 0 Å². The zero-order chi connectivity index (χ0) is 12.8. The van der Waals surface area contributed by atoms with Crippen molar-refractivity contribution in [2.45, 2.75) is 6.61 Å². The van der Waals surface area contributed by atoms with Gasteiger partial charge in [-0.3, -0.25) is 0 Å². The van der Waals surface area contributed by atoms with E-state index < -0.39 is 0 Å². The van der Waals surface area contributed by atoms with Crippen molar-refractivity contribution < 1.29 is 9.47 Å². The third-order valence-electron chi connectivity index (χ3n) is 2.66. The highest BCUT2D eigenvalue weighted by atomic mass is 16.5. The Bertz CT molecular complexity index is 515. The summed E-state index contributed by atoms with van der Waals surface area (Å²) >= 11 is 0. The largest absolute Gasteiger partial charge is 0.497 e. The Morgan fingerprint density at radius 3 is 2.44 bits per heavy atom. The highest BCUT2D eigenvalue weighted by Crippen LogP contribution is 2.20. The van der Waals surface area contributed by atoms with Crippen LogP contribution in [0.5, 0.6) is 11.5 Å². The molecule has 2 aromatic carbocycles. The first-order chi connectivity index (χ1) is 8.81. The summed E-state index contributed by atoms with van der Waals surface area (Å²) in [5.41, 5.74) is 2.24. The maximum absolute atomic E-state index is 5.70. The van der Waals surface area contributed by atoms with E-state index in [1.165, 1.54) is 0 Å². The van der Waals surface area contributed by atoms with Crippen LogP contribution in [0.15, 0.2) is 55.1 Å². The second-order valence-electron chi connectivity index (χ2n) is 3.91. The Labute approximate surface area is 107 Å². The summed E-state index contributed by atoms with van der Waals surface area (Å²) in [6, 6.07) is 15.7. The zero-order valence-corrected chi connectivity index (χ0v) is 10.4. The van der Waals surface area contributed by atoms with Gasteiger partial charge in [0.05, 0.1) is 7.11 Å². The van der Waals surface area contributed by atoms with Gasteiger partial charge in [0.25, 0.3) is 0 Å². The van der Waals surface area contributed by atoms with Crippen molar-refractivity contribution in [3.8, 4) is 11.5 Å². The summed E-state index contributed by atoms with van der Waals surface area (Å²) in [5, 5.41) is 0. The smallest absolute Gasteiger partial charge is 0.123 e. The lowest BCUT2D eigenvalue weighted by Crippen LogP contribution is -1.95. The van der Waals surface area contributed by atoms with Crippen LogP contribution < -0.4 is 9.47 Å². The van der Waals surface area contributed by atoms with Crippen molar-refractivity contribution in [2.24, 2.45) is 0 Å². The molecule has 0 bridgehead atoms. The van der Waals surface area contributed by atoms with Gasteiger partial charge in [-0.25, -0.2) is 0 Å². The van der Waals surface area contributed by atoms with Gasteiger partial charge in [-0.15, -0.1) is 0 Å². The fourth-order valence-corrected chi connectivity index (χ4v) is 1.61. The molecule has 0 atom stereocenters. The lowest BCUT2D eigenvalue weighted by atomic mass is 10.1. The molecule has 0 radical (unpaired) electrons. The summed E-state index contributed by atoms with van der Waals surface area (Å²) in [6.45, 7) is 4.27. The van der Waals surface area contributed by atoms with Crippen LogP contribution in [0.3, 0.4) is 0 Å². The number of ether oxygens (including phenoxy) is 2. The van der Waals surface area contributed by atoms with Gasteiger partial charge in [0.2, 0.25) is 0 Å². The normalized spacial score (nSPS) is 9.83. The van der Waals surface area contributed by atoms with Crippen molar-refractivity contribution in [3.05, 3.63) is 66.2 Å². The van der Waals surface area contributed by atoms with Crippen LogP contribution >= 0.6 is 0 Å². The Hall–Kier alpha value is -2.22. The molecule has 0 heterocycles. The third kappa shape index (κ3) is 3.14. The van der Waals surface area contributed by atoms with Gasteiger partial charge in [0, 0.05) is 6.07 Å². The van der Waals surface area contributed by atoms with Crippen LogP contribution in [-0.4, -0.2) is 7.11 Å². The van der Waals surface area contributed by atoms with Gasteiger partial charge in [-0.2, -0.15) is 0 Å². The van der Waals surface area contributed by atoms with Crippen molar-refractivity contribution >= 4 is 6.08 Å².